The molecule has 2 rings (SSSR count). The van der Waals surface area contributed by atoms with Crippen LogP contribution in [0.15, 0.2) is 35.9 Å². The highest BCUT2D eigenvalue weighted by Crippen LogP contribution is 2.41. The molecule has 0 aliphatic heterocycles. The van der Waals surface area contributed by atoms with Crippen LogP contribution in [0.25, 0.3) is 0 Å². The second kappa shape index (κ2) is 15.3. The van der Waals surface area contributed by atoms with Gasteiger partial charge < -0.3 is 24.4 Å². The minimum absolute atomic E-state index is 0.159. The van der Waals surface area contributed by atoms with E-state index in [1.807, 2.05) is 87.4 Å². The number of carbonyl (C=O) groups excluding carboxylic acids is 2. The zero-order valence-corrected chi connectivity index (χ0v) is 31.4. The molecule has 0 aliphatic rings. The summed E-state index contributed by atoms with van der Waals surface area (Å²) in [6, 6.07) is 8.08. The van der Waals surface area contributed by atoms with E-state index < -0.39 is 17.1 Å². The molecule has 47 heavy (non-hydrogen) atoms. The molecular weight excluding hydrogens is 592 g/mol. The van der Waals surface area contributed by atoms with Gasteiger partial charge in [0.25, 0.3) is 0 Å². The first-order valence-electron chi connectivity index (χ1n) is 16.7. The van der Waals surface area contributed by atoms with E-state index in [0.717, 1.165) is 39.0 Å². The minimum atomic E-state index is -1.00. The molecule has 2 N–H and O–H groups in total. The number of esters is 2. The molecule has 1 atom stereocenters. The van der Waals surface area contributed by atoms with Crippen molar-refractivity contribution in [2.24, 2.45) is 10.8 Å². The maximum atomic E-state index is 13.2. The average molecular weight is 653 g/mol. The molecule has 0 saturated heterocycles. The van der Waals surface area contributed by atoms with Crippen molar-refractivity contribution in [2.75, 3.05) is 13.2 Å². The zero-order valence-electron chi connectivity index (χ0n) is 31.4. The Morgan fingerprint density at radius 3 is 1.45 bits per heavy atom. The van der Waals surface area contributed by atoms with E-state index in [2.05, 4.69) is 39.8 Å². The Morgan fingerprint density at radius 1 is 0.723 bits per heavy atom. The molecule has 0 aliphatic carbocycles. The summed E-state index contributed by atoms with van der Waals surface area (Å²) in [4.78, 5) is 26.3. The summed E-state index contributed by atoms with van der Waals surface area (Å²) in [5, 5.41) is 20.5. The van der Waals surface area contributed by atoms with Crippen LogP contribution in [-0.2, 0) is 29.9 Å². The summed E-state index contributed by atoms with van der Waals surface area (Å²) in [6.07, 6.45) is 2.35. The molecule has 0 radical (unpaired) electrons. The van der Waals surface area contributed by atoms with E-state index in [-0.39, 0.29) is 36.0 Å². The molecular formula is C40H60O7. The third kappa shape index (κ3) is 10.3. The van der Waals surface area contributed by atoms with Crippen molar-refractivity contribution in [1.29, 1.82) is 0 Å². The van der Waals surface area contributed by atoms with E-state index in [1.165, 1.54) is 0 Å². The molecule has 2 aromatic rings. The number of aliphatic hydroxyl groups excluding tert-OH is 1. The Labute approximate surface area is 283 Å². The quantitative estimate of drug-likeness (QED) is 0.0858. The van der Waals surface area contributed by atoms with Crippen LogP contribution in [0, 0.1) is 38.5 Å². The van der Waals surface area contributed by atoms with Crippen LogP contribution in [0.1, 0.15) is 122 Å². The molecule has 2 aromatic carbocycles. The van der Waals surface area contributed by atoms with Crippen molar-refractivity contribution >= 4 is 11.9 Å². The van der Waals surface area contributed by atoms with E-state index in [4.69, 9.17) is 14.2 Å². The summed E-state index contributed by atoms with van der Waals surface area (Å²) in [5.41, 5.74) is 4.20. The van der Waals surface area contributed by atoms with Gasteiger partial charge in [-0.2, -0.15) is 0 Å². The van der Waals surface area contributed by atoms with Gasteiger partial charge in [0, 0.05) is 6.42 Å². The molecule has 1 unspecified atom stereocenters. The van der Waals surface area contributed by atoms with Crippen molar-refractivity contribution in [3.05, 3.63) is 69.3 Å². The molecule has 0 heterocycles. The number of rotatable bonds is 15. The Morgan fingerprint density at radius 2 is 1.09 bits per heavy atom. The van der Waals surface area contributed by atoms with Gasteiger partial charge in [-0.05, 0) is 132 Å². The fourth-order valence-electron chi connectivity index (χ4n) is 6.56. The number of ether oxygens (including phenoxy) is 3. The Bertz CT molecular complexity index is 1410. The van der Waals surface area contributed by atoms with Crippen molar-refractivity contribution in [3.63, 3.8) is 0 Å². The number of hydrogen-bond donors (Lipinski definition) is 2. The van der Waals surface area contributed by atoms with Gasteiger partial charge in [-0.1, -0.05) is 58.0 Å². The van der Waals surface area contributed by atoms with Crippen LogP contribution in [0.4, 0.5) is 0 Å². The topological polar surface area (TPSA) is 102 Å². The smallest absolute Gasteiger partial charge is 0.311 e. The summed E-state index contributed by atoms with van der Waals surface area (Å²) >= 11 is 0. The van der Waals surface area contributed by atoms with Crippen LogP contribution < -0.4 is 4.74 Å². The predicted octanol–water partition coefficient (Wildman–Crippen LogP) is 8.85. The first kappa shape index (κ1) is 39.9. The summed E-state index contributed by atoms with van der Waals surface area (Å²) in [6.45, 7) is 27.7. The number of aryl methyl sites for hydroxylation is 4. The summed E-state index contributed by atoms with van der Waals surface area (Å²) < 4.78 is 17.2. The number of hydrogen-bond acceptors (Lipinski definition) is 7. The normalized spacial score (nSPS) is 13.7. The number of aliphatic hydroxyl groups is 1. The lowest BCUT2D eigenvalue weighted by Crippen LogP contribution is -2.35. The highest BCUT2D eigenvalue weighted by Gasteiger charge is 2.39. The first-order chi connectivity index (χ1) is 21.4. The van der Waals surface area contributed by atoms with Gasteiger partial charge in [0.2, 0.25) is 6.29 Å². The van der Waals surface area contributed by atoms with E-state index in [1.54, 1.807) is 0 Å². The van der Waals surface area contributed by atoms with E-state index in [0.29, 0.717) is 30.8 Å². The summed E-state index contributed by atoms with van der Waals surface area (Å²) in [5.74, 6) is 0.374. The number of allylic oxidation sites excluding steroid dienone is 1. The largest absolute Gasteiger partial charge is 0.507 e. The first-order valence-corrected chi connectivity index (χ1v) is 16.7. The van der Waals surface area contributed by atoms with Crippen molar-refractivity contribution in [3.8, 4) is 11.5 Å². The van der Waals surface area contributed by atoms with Gasteiger partial charge in [0.05, 0.1) is 24.0 Å². The maximum absolute atomic E-state index is 13.2. The number of phenolic OH excluding ortho intramolecular Hbond substituents is 1. The highest BCUT2D eigenvalue weighted by atomic mass is 16.6. The van der Waals surface area contributed by atoms with Crippen LogP contribution in [0.5, 0.6) is 11.5 Å². The van der Waals surface area contributed by atoms with Gasteiger partial charge in [0.1, 0.15) is 11.5 Å². The Kier molecular flexibility index (Phi) is 13.0. The second-order valence-corrected chi connectivity index (χ2v) is 15.9. The van der Waals surface area contributed by atoms with Gasteiger partial charge in [-0.25, -0.2) is 0 Å². The standard InChI is InChI=1S/C40H60O7/c1-15-25(2)34(42)47-33-28(5)21-31(22-29(33)6)38(9,10)24-40(13,14)36(44)46-18-16-17-45-35(43)39(11,12)23-37(7,8)30-19-26(3)32(41)27(4)20-30/h15,19-22,34,41-42H,16-18,23-24H2,1-14H3. The Balaban J connectivity index is 1.94. The van der Waals surface area contributed by atoms with Gasteiger partial charge in [0.15, 0.2) is 0 Å². The van der Waals surface area contributed by atoms with E-state index >= 15 is 0 Å². The average Bonchev–Trinajstić information content (AvgIpc) is 2.95. The van der Waals surface area contributed by atoms with Crippen LogP contribution >= 0.6 is 0 Å². The van der Waals surface area contributed by atoms with Crippen molar-refractivity contribution < 1.29 is 34.0 Å². The molecule has 0 saturated carbocycles. The fraction of sp³-hybridized carbons (Fsp3) is 0.600. The van der Waals surface area contributed by atoms with Crippen molar-refractivity contribution in [1.82, 2.24) is 0 Å². The third-order valence-corrected chi connectivity index (χ3v) is 9.22. The third-order valence-electron chi connectivity index (χ3n) is 9.22. The number of carbonyl (C=O) groups is 2. The molecule has 0 amide bonds. The van der Waals surface area contributed by atoms with Gasteiger partial charge >= 0.3 is 11.9 Å². The lowest BCUT2D eigenvalue weighted by molar-refractivity contribution is -0.158. The molecule has 0 bridgehead atoms. The van der Waals surface area contributed by atoms with E-state index in [9.17, 15) is 19.8 Å². The maximum Gasteiger partial charge on any atom is 0.311 e. The lowest BCUT2D eigenvalue weighted by atomic mass is 9.71. The summed E-state index contributed by atoms with van der Waals surface area (Å²) in [7, 11) is 0. The fourth-order valence-corrected chi connectivity index (χ4v) is 6.56. The van der Waals surface area contributed by atoms with Crippen LogP contribution in [-0.4, -0.2) is 41.7 Å². The van der Waals surface area contributed by atoms with Crippen LogP contribution in [0.2, 0.25) is 0 Å². The number of aromatic hydroxyl groups is 1. The predicted molar refractivity (Wildman–Crippen MR) is 189 cm³/mol. The Hall–Kier alpha value is -3.32. The monoisotopic (exact) mass is 652 g/mol. The molecule has 7 nitrogen and oxygen atoms in total. The number of phenols is 1. The number of benzene rings is 2. The second-order valence-electron chi connectivity index (χ2n) is 15.9. The van der Waals surface area contributed by atoms with Gasteiger partial charge in [-0.15, -0.1) is 0 Å². The zero-order chi connectivity index (χ0) is 36.1. The van der Waals surface area contributed by atoms with Gasteiger partial charge in [-0.3, -0.25) is 9.59 Å². The minimum Gasteiger partial charge on any atom is -0.507 e. The van der Waals surface area contributed by atoms with Crippen LogP contribution in [0.3, 0.4) is 0 Å². The van der Waals surface area contributed by atoms with Crippen molar-refractivity contribution in [2.45, 2.75) is 133 Å². The lowest BCUT2D eigenvalue weighted by Gasteiger charge is -2.35. The molecule has 262 valence electrons. The molecule has 7 heteroatoms. The molecule has 0 spiro atoms. The molecule has 0 fully saturated rings. The SMILES string of the molecule is CC=C(C)C(O)Oc1c(C)cc(C(C)(C)CC(C)(C)C(=O)OCCCOC(=O)C(C)(C)CC(C)(C)c2cc(C)c(O)c(C)c2)cc1C. The molecule has 0 aromatic heterocycles. The highest BCUT2D eigenvalue weighted by molar-refractivity contribution is 5.76.